The first kappa shape index (κ1) is 24.5. The number of rotatable bonds is 6. The minimum atomic E-state index is -2.55. The van der Waals surface area contributed by atoms with E-state index < -0.39 is 5.92 Å². The lowest BCUT2D eigenvalue weighted by Gasteiger charge is -2.38. The lowest BCUT2D eigenvalue weighted by molar-refractivity contribution is -0.133. The van der Waals surface area contributed by atoms with Gasteiger partial charge in [0.2, 0.25) is 0 Å². The minimum absolute atomic E-state index is 0.176. The SMILES string of the molecule is CCn1cnc(-c2ccc3c(-c4cnc5cc(-c6ccc(CN7CC(F)(F)C7)cc6)c(C)nn45)ccnc3n2)c1. The van der Waals surface area contributed by atoms with Crippen molar-refractivity contribution in [2.75, 3.05) is 13.1 Å². The summed E-state index contributed by atoms with van der Waals surface area (Å²) in [5, 5.41) is 5.80. The molecule has 6 aromatic rings. The summed E-state index contributed by atoms with van der Waals surface area (Å²) in [5.41, 5.74) is 8.57. The molecular weight excluding hydrogens is 510 g/mol. The molecule has 1 aromatic carbocycles. The fraction of sp³-hybridized carbons (Fsp3) is 0.233. The molecule has 1 aliphatic heterocycles. The zero-order valence-corrected chi connectivity index (χ0v) is 22.1. The van der Waals surface area contributed by atoms with Gasteiger partial charge in [0.1, 0.15) is 5.69 Å². The predicted molar refractivity (Wildman–Crippen MR) is 149 cm³/mol. The molecule has 0 bridgehead atoms. The highest BCUT2D eigenvalue weighted by atomic mass is 19.3. The quantitative estimate of drug-likeness (QED) is 0.274. The van der Waals surface area contributed by atoms with Crippen LogP contribution in [-0.4, -0.2) is 58.0 Å². The van der Waals surface area contributed by atoms with Gasteiger partial charge in [-0.15, -0.1) is 0 Å². The Morgan fingerprint density at radius 2 is 1.75 bits per heavy atom. The topological polar surface area (TPSA) is 77.0 Å². The average molecular weight is 537 g/mol. The van der Waals surface area contributed by atoms with E-state index in [1.807, 2.05) is 76.9 Å². The van der Waals surface area contributed by atoms with Crippen molar-refractivity contribution in [1.82, 2.24) is 39.0 Å². The number of imidazole rings is 2. The summed E-state index contributed by atoms with van der Waals surface area (Å²) in [6.45, 7) is 5.06. The number of pyridine rings is 2. The Morgan fingerprint density at radius 3 is 2.50 bits per heavy atom. The molecule has 1 fully saturated rings. The fourth-order valence-electron chi connectivity index (χ4n) is 5.31. The van der Waals surface area contributed by atoms with E-state index >= 15 is 0 Å². The Morgan fingerprint density at radius 1 is 0.925 bits per heavy atom. The van der Waals surface area contributed by atoms with Crippen molar-refractivity contribution in [1.29, 1.82) is 0 Å². The molecule has 200 valence electrons. The maximum absolute atomic E-state index is 13.2. The first-order valence-corrected chi connectivity index (χ1v) is 13.2. The second-order valence-electron chi connectivity index (χ2n) is 10.3. The Bertz CT molecular complexity index is 1860. The maximum Gasteiger partial charge on any atom is 0.272 e. The van der Waals surface area contributed by atoms with Crippen LogP contribution in [-0.2, 0) is 13.1 Å². The highest BCUT2D eigenvalue weighted by Crippen LogP contribution is 2.32. The number of hydrogen-bond donors (Lipinski definition) is 0. The normalized spacial score (nSPS) is 15.1. The highest BCUT2D eigenvalue weighted by Gasteiger charge is 2.43. The van der Waals surface area contributed by atoms with Gasteiger partial charge in [-0.2, -0.15) is 5.10 Å². The highest BCUT2D eigenvalue weighted by molar-refractivity contribution is 5.93. The van der Waals surface area contributed by atoms with Crippen molar-refractivity contribution in [2.45, 2.75) is 32.9 Å². The number of aryl methyl sites for hydroxylation is 2. The first-order chi connectivity index (χ1) is 19.4. The average Bonchev–Trinajstić information content (AvgIpc) is 3.59. The molecule has 0 aliphatic carbocycles. The lowest BCUT2D eigenvalue weighted by Crippen LogP contribution is -2.55. The molecule has 1 saturated heterocycles. The summed E-state index contributed by atoms with van der Waals surface area (Å²) in [4.78, 5) is 20.2. The van der Waals surface area contributed by atoms with Gasteiger partial charge in [0, 0.05) is 42.0 Å². The summed E-state index contributed by atoms with van der Waals surface area (Å²) in [7, 11) is 0. The van der Waals surface area contributed by atoms with Crippen LogP contribution in [0.1, 0.15) is 18.2 Å². The van der Waals surface area contributed by atoms with Gasteiger partial charge in [-0.3, -0.25) is 4.90 Å². The van der Waals surface area contributed by atoms with Crippen LogP contribution < -0.4 is 0 Å². The Kier molecular flexibility index (Phi) is 5.67. The number of halogens is 2. The van der Waals surface area contributed by atoms with E-state index in [1.165, 1.54) is 0 Å². The Balaban J connectivity index is 1.20. The van der Waals surface area contributed by atoms with Crippen molar-refractivity contribution < 1.29 is 8.78 Å². The second-order valence-corrected chi connectivity index (χ2v) is 10.3. The molecule has 8 nitrogen and oxygen atoms in total. The van der Waals surface area contributed by atoms with E-state index in [-0.39, 0.29) is 13.1 Å². The van der Waals surface area contributed by atoms with E-state index in [2.05, 4.69) is 21.9 Å². The van der Waals surface area contributed by atoms with Gasteiger partial charge in [0.05, 0.1) is 42.7 Å². The molecule has 7 rings (SSSR count). The molecule has 0 N–H and O–H groups in total. The third kappa shape index (κ3) is 4.30. The molecule has 0 saturated carbocycles. The van der Waals surface area contributed by atoms with Gasteiger partial charge >= 0.3 is 0 Å². The van der Waals surface area contributed by atoms with Crippen LogP contribution in [0.25, 0.3) is 50.5 Å². The van der Waals surface area contributed by atoms with Crippen LogP contribution in [0.3, 0.4) is 0 Å². The number of fused-ring (bicyclic) bond motifs is 2. The van der Waals surface area contributed by atoms with E-state index in [4.69, 9.17) is 10.1 Å². The predicted octanol–water partition coefficient (Wildman–Crippen LogP) is 5.65. The number of nitrogens with zero attached hydrogens (tertiary/aromatic N) is 8. The standard InChI is InChI=1S/C30H26F2N8/c1-3-38-15-26(35-18-38)25-9-8-23-22(10-11-33-29(23)36-25)27-13-34-28-12-24(19(2)37-40(27)28)21-6-4-20(5-7-21)14-39-16-30(31,32)17-39/h4-13,15,18H,3,14,16-17H2,1-2H3. The molecule has 6 heterocycles. The fourth-order valence-corrected chi connectivity index (χ4v) is 5.31. The number of likely N-dealkylation sites (tertiary alicyclic amines) is 1. The molecule has 40 heavy (non-hydrogen) atoms. The molecule has 0 amide bonds. The molecule has 0 unspecified atom stereocenters. The summed E-state index contributed by atoms with van der Waals surface area (Å²) < 4.78 is 30.2. The van der Waals surface area contributed by atoms with Crippen molar-refractivity contribution in [2.24, 2.45) is 0 Å². The van der Waals surface area contributed by atoms with Crippen molar-refractivity contribution in [3.63, 3.8) is 0 Å². The van der Waals surface area contributed by atoms with Gasteiger partial charge < -0.3 is 4.57 Å². The Labute approximate surface area is 229 Å². The van der Waals surface area contributed by atoms with Crippen LogP contribution in [0.15, 0.2) is 73.4 Å². The number of alkyl halides is 2. The van der Waals surface area contributed by atoms with Gasteiger partial charge in [0.15, 0.2) is 11.3 Å². The third-order valence-corrected chi connectivity index (χ3v) is 7.40. The first-order valence-electron chi connectivity index (χ1n) is 13.2. The molecular formula is C30H26F2N8. The molecule has 5 aromatic heterocycles. The Hall–Kier alpha value is -4.57. The van der Waals surface area contributed by atoms with Crippen molar-refractivity contribution in [3.8, 4) is 33.8 Å². The number of benzene rings is 1. The van der Waals surface area contributed by atoms with Crippen molar-refractivity contribution >= 4 is 16.7 Å². The third-order valence-electron chi connectivity index (χ3n) is 7.40. The van der Waals surface area contributed by atoms with Crippen LogP contribution in [0.2, 0.25) is 0 Å². The van der Waals surface area contributed by atoms with Gasteiger partial charge in [-0.1, -0.05) is 24.3 Å². The summed E-state index contributed by atoms with van der Waals surface area (Å²) in [6.07, 6.45) is 7.36. The smallest absolute Gasteiger partial charge is 0.272 e. The zero-order chi connectivity index (χ0) is 27.4. The lowest BCUT2D eigenvalue weighted by atomic mass is 10.0. The van der Waals surface area contributed by atoms with Crippen LogP contribution in [0, 0.1) is 6.92 Å². The zero-order valence-electron chi connectivity index (χ0n) is 22.1. The summed E-state index contributed by atoms with van der Waals surface area (Å²) in [5.74, 6) is -2.55. The monoisotopic (exact) mass is 536 g/mol. The van der Waals surface area contributed by atoms with Crippen LogP contribution in [0.5, 0.6) is 0 Å². The van der Waals surface area contributed by atoms with Gasteiger partial charge in [0.25, 0.3) is 5.92 Å². The largest absolute Gasteiger partial charge is 0.337 e. The number of aromatic nitrogens is 7. The van der Waals surface area contributed by atoms with E-state index in [0.29, 0.717) is 12.2 Å². The van der Waals surface area contributed by atoms with Gasteiger partial charge in [-0.05, 0) is 49.2 Å². The van der Waals surface area contributed by atoms with E-state index in [1.54, 1.807) is 17.4 Å². The number of hydrogen-bond acceptors (Lipinski definition) is 6. The minimum Gasteiger partial charge on any atom is -0.337 e. The van der Waals surface area contributed by atoms with E-state index in [0.717, 1.165) is 62.6 Å². The summed E-state index contributed by atoms with van der Waals surface area (Å²) >= 11 is 0. The molecule has 0 spiro atoms. The van der Waals surface area contributed by atoms with Crippen molar-refractivity contribution in [3.05, 3.63) is 84.7 Å². The van der Waals surface area contributed by atoms with Crippen LogP contribution in [0.4, 0.5) is 8.78 Å². The van der Waals surface area contributed by atoms with Crippen LogP contribution >= 0.6 is 0 Å². The molecule has 0 atom stereocenters. The maximum atomic E-state index is 13.2. The molecule has 1 aliphatic rings. The summed E-state index contributed by atoms with van der Waals surface area (Å²) in [6, 6.07) is 16.0. The molecule has 0 radical (unpaired) electrons. The second kappa shape index (κ2) is 9.27. The van der Waals surface area contributed by atoms with E-state index in [9.17, 15) is 8.78 Å². The van der Waals surface area contributed by atoms with Gasteiger partial charge in [-0.25, -0.2) is 33.2 Å². The molecule has 10 heteroatoms.